The highest BCUT2D eigenvalue weighted by Gasteiger charge is 2.21. The van der Waals surface area contributed by atoms with Gasteiger partial charge >= 0.3 is 0 Å². The summed E-state index contributed by atoms with van der Waals surface area (Å²) in [6.07, 6.45) is 2.32. The smallest absolute Gasteiger partial charge is 0.00258 e. The van der Waals surface area contributed by atoms with Crippen molar-refractivity contribution in [3.63, 3.8) is 0 Å². The van der Waals surface area contributed by atoms with E-state index in [9.17, 15) is 0 Å². The Morgan fingerprint density at radius 3 is 1.17 bits per heavy atom. The molecule has 0 aliphatic heterocycles. The zero-order chi connectivity index (χ0) is 9.83. The summed E-state index contributed by atoms with van der Waals surface area (Å²) in [4.78, 5) is 0. The summed E-state index contributed by atoms with van der Waals surface area (Å²) in [6, 6.07) is 0. The predicted octanol–water partition coefficient (Wildman–Crippen LogP) is 1.74. The Morgan fingerprint density at radius 2 is 1.00 bits per heavy atom. The van der Waals surface area contributed by atoms with E-state index >= 15 is 0 Å². The van der Waals surface area contributed by atoms with Gasteiger partial charge < -0.3 is 11.5 Å². The molecule has 0 radical (unpaired) electrons. The molecule has 0 aliphatic carbocycles. The van der Waals surface area contributed by atoms with E-state index in [1.165, 1.54) is 0 Å². The molecule has 2 nitrogen and oxygen atoms in total. The monoisotopic (exact) mass is 172 g/mol. The summed E-state index contributed by atoms with van der Waals surface area (Å²) in [5.74, 6) is 0. The van der Waals surface area contributed by atoms with Crippen LogP contribution >= 0.6 is 0 Å². The predicted molar refractivity (Wildman–Crippen MR) is 54.9 cm³/mol. The normalized spacial score (nSPS) is 13.5. The highest BCUT2D eigenvalue weighted by atomic mass is 14.6. The van der Waals surface area contributed by atoms with Crippen LogP contribution in [0, 0.1) is 10.8 Å². The lowest BCUT2D eigenvalue weighted by molar-refractivity contribution is 0.251. The molecule has 0 aliphatic rings. The molecule has 0 rings (SSSR count). The second-order valence-corrected chi connectivity index (χ2v) is 5.24. The van der Waals surface area contributed by atoms with Crippen LogP contribution in [0.25, 0.3) is 0 Å². The van der Waals surface area contributed by atoms with Crippen LogP contribution in [0.2, 0.25) is 0 Å². The first-order valence-electron chi connectivity index (χ1n) is 4.73. The zero-order valence-corrected chi connectivity index (χ0v) is 8.98. The fourth-order valence-electron chi connectivity index (χ4n) is 0.881. The van der Waals surface area contributed by atoms with Gasteiger partial charge in [-0.05, 0) is 36.8 Å². The van der Waals surface area contributed by atoms with Gasteiger partial charge in [0.15, 0.2) is 0 Å². The summed E-state index contributed by atoms with van der Waals surface area (Å²) < 4.78 is 0. The average Bonchev–Trinajstić information content (AvgIpc) is 2.02. The Morgan fingerprint density at radius 1 is 0.750 bits per heavy atom. The molecule has 2 heteroatoms. The molecule has 74 valence electrons. The first kappa shape index (κ1) is 11.9. The van der Waals surface area contributed by atoms with E-state index < -0.39 is 0 Å². The van der Waals surface area contributed by atoms with Crippen molar-refractivity contribution in [2.24, 2.45) is 22.3 Å². The van der Waals surface area contributed by atoms with Crippen LogP contribution in [0.3, 0.4) is 0 Å². The van der Waals surface area contributed by atoms with E-state index in [2.05, 4.69) is 27.7 Å². The van der Waals surface area contributed by atoms with Gasteiger partial charge in [0, 0.05) is 0 Å². The van der Waals surface area contributed by atoms with Crippen molar-refractivity contribution in [2.45, 2.75) is 40.5 Å². The SMILES string of the molecule is CC(C)(CN)CCC(C)(C)CN. The molecule has 0 aromatic carbocycles. The van der Waals surface area contributed by atoms with Crippen molar-refractivity contribution in [1.82, 2.24) is 0 Å². The second-order valence-electron chi connectivity index (χ2n) is 5.24. The van der Waals surface area contributed by atoms with Crippen molar-refractivity contribution < 1.29 is 0 Å². The molecule has 0 spiro atoms. The molecule has 0 atom stereocenters. The van der Waals surface area contributed by atoms with E-state index in [4.69, 9.17) is 11.5 Å². The molecular weight excluding hydrogens is 148 g/mol. The second kappa shape index (κ2) is 4.24. The van der Waals surface area contributed by atoms with E-state index in [0.29, 0.717) is 0 Å². The van der Waals surface area contributed by atoms with Gasteiger partial charge in [-0.2, -0.15) is 0 Å². The standard InChI is InChI=1S/C10H24N2/c1-9(2,7-11)5-6-10(3,4)8-12/h5-8,11-12H2,1-4H3. The van der Waals surface area contributed by atoms with E-state index in [1.54, 1.807) is 0 Å². The summed E-state index contributed by atoms with van der Waals surface area (Å²) >= 11 is 0. The Kier molecular flexibility index (Phi) is 4.21. The fourth-order valence-corrected chi connectivity index (χ4v) is 0.881. The molecule has 0 saturated carbocycles. The quantitative estimate of drug-likeness (QED) is 0.663. The molecule has 0 aromatic heterocycles. The fraction of sp³-hybridized carbons (Fsp3) is 1.00. The first-order chi connectivity index (χ1) is 5.33. The highest BCUT2D eigenvalue weighted by molar-refractivity contribution is 4.76. The lowest BCUT2D eigenvalue weighted by Crippen LogP contribution is -2.29. The van der Waals surface area contributed by atoms with Crippen LogP contribution in [0.15, 0.2) is 0 Å². The Balaban J connectivity index is 3.82. The summed E-state index contributed by atoms with van der Waals surface area (Å²) in [6.45, 7) is 10.3. The molecule has 0 heterocycles. The van der Waals surface area contributed by atoms with Crippen LogP contribution < -0.4 is 11.5 Å². The molecule has 0 aromatic rings. The average molecular weight is 172 g/mol. The number of hydrogen-bond donors (Lipinski definition) is 2. The van der Waals surface area contributed by atoms with Crippen molar-refractivity contribution in [3.8, 4) is 0 Å². The number of rotatable bonds is 5. The third-order valence-electron chi connectivity index (χ3n) is 2.58. The van der Waals surface area contributed by atoms with Crippen molar-refractivity contribution in [3.05, 3.63) is 0 Å². The highest BCUT2D eigenvalue weighted by Crippen LogP contribution is 2.28. The summed E-state index contributed by atoms with van der Waals surface area (Å²) in [5, 5.41) is 0. The van der Waals surface area contributed by atoms with Gasteiger partial charge in [0.05, 0.1) is 0 Å². The zero-order valence-electron chi connectivity index (χ0n) is 8.98. The van der Waals surface area contributed by atoms with Gasteiger partial charge in [0.2, 0.25) is 0 Å². The maximum atomic E-state index is 5.65. The summed E-state index contributed by atoms with van der Waals surface area (Å²) in [5.41, 5.74) is 11.8. The van der Waals surface area contributed by atoms with Gasteiger partial charge in [-0.25, -0.2) is 0 Å². The van der Waals surface area contributed by atoms with Gasteiger partial charge in [0.1, 0.15) is 0 Å². The van der Waals surface area contributed by atoms with E-state index in [0.717, 1.165) is 25.9 Å². The van der Waals surface area contributed by atoms with E-state index in [1.807, 2.05) is 0 Å². The molecule has 0 unspecified atom stereocenters. The number of nitrogens with two attached hydrogens (primary N) is 2. The van der Waals surface area contributed by atoms with Crippen molar-refractivity contribution in [1.29, 1.82) is 0 Å². The minimum atomic E-state index is 0.270. The van der Waals surface area contributed by atoms with Crippen molar-refractivity contribution >= 4 is 0 Å². The lowest BCUT2D eigenvalue weighted by Gasteiger charge is -2.29. The van der Waals surface area contributed by atoms with Crippen LogP contribution in [0.4, 0.5) is 0 Å². The van der Waals surface area contributed by atoms with Crippen LogP contribution in [0.5, 0.6) is 0 Å². The van der Waals surface area contributed by atoms with Crippen LogP contribution in [-0.4, -0.2) is 13.1 Å². The Hall–Kier alpha value is -0.0800. The van der Waals surface area contributed by atoms with Gasteiger partial charge in [-0.1, -0.05) is 27.7 Å². The van der Waals surface area contributed by atoms with Gasteiger partial charge in [-0.3, -0.25) is 0 Å². The third-order valence-corrected chi connectivity index (χ3v) is 2.58. The Labute approximate surface area is 76.7 Å². The molecule has 0 fully saturated rings. The maximum absolute atomic E-state index is 5.65. The lowest BCUT2D eigenvalue weighted by atomic mass is 9.79. The van der Waals surface area contributed by atoms with E-state index in [-0.39, 0.29) is 10.8 Å². The van der Waals surface area contributed by atoms with Crippen LogP contribution in [-0.2, 0) is 0 Å². The molecule has 4 N–H and O–H groups in total. The van der Waals surface area contributed by atoms with Crippen LogP contribution in [0.1, 0.15) is 40.5 Å². The number of hydrogen-bond acceptors (Lipinski definition) is 2. The molecule has 0 bridgehead atoms. The Bertz CT molecular complexity index is 112. The first-order valence-corrected chi connectivity index (χ1v) is 4.73. The molecule has 0 saturated heterocycles. The minimum Gasteiger partial charge on any atom is -0.330 e. The minimum absolute atomic E-state index is 0.270. The molecule has 12 heavy (non-hydrogen) atoms. The topological polar surface area (TPSA) is 52.0 Å². The summed E-state index contributed by atoms with van der Waals surface area (Å²) in [7, 11) is 0. The van der Waals surface area contributed by atoms with Gasteiger partial charge in [0.25, 0.3) is 0 Å². The van der Waals surface area contributed by atoms with Crippen molar-refractivity contribution in [2.75, 3.05) is 13.1 Å². The maximum Gasteiger partial charge on any atom is -0.00258 e. The largest absolute Gasteiger partial charge is 0.330 e. The van der Waals surface area contributed by atoms with Gasteiger partial charge in [-0.15, -0.1) is 0 Å². The molecular formula is C10H24N2. The molecule has 0 amide bonds. The third kappa shape index (κ3) is 4.73.